The number of carbonyl (C=O) groups excluding carboxylic acids is 2. The Labute approximate surface area is 160 Å². The highest BCUT2D eigenvalue weighted by atomic mass is 32.1. The Bertz CT molecular complexity index is 983. The smallest absolute Gasteiger partial charge is 0.256 e. The maximum absolute atomic E-state index is 12.6. The number of primary amides is 1. The van der Waals surface area contributed by atoms with Crippen molar-refractivity contribution in [3.8, 4) is 21.9 Å². The van der Waals surface area contributed by atoms with Crippen molar-refractivity contribution < 1.29 is 19.1 Å². The van der Waals surface area contributed by atoms with E-state index < -0.39 is 5.91 Å². The highest BCUT2D eigenvalue weighted by Crippen LogP contribution is 2.36. The minimum atomic E-state index is -0.601. The van der Waals surface area contributed by atoms with Gasteiger partial charge in [-0.1, -0.05) is 30.3 Å². The van der Waals surface area contributed by atoms with E-state index in [1.807, 2.05) is 30.3 Å². The molecule has 0 saturated heterocycles. The molecule has 7 heteroatoms. The number of hydrogen-bond donors (Lipinski definition) is 2. The summed E-state index contributed by atoms with van der Waals surface area (Å²) in [6.45, 7) is 0. The molecule has 1 heterocycles. The number of nitrogens with two attached hydrogens (primary N) is 1. The predicted molar refractivity (Wildman–Crippen MR) is 106 cm³/mol. The van der Waals surface area contributed by atoms with Gasteiger partial charge in [-0.15, -0.1) is 11.3 Å². The molecule has 3 N–H and O–H groups in total. The van der Waals surface area contributed by atoms with Crippen molar-refractivity contribution in [1.82, 2.24) is 0 Å². The quantitative estimate of drug-likeness (QED) is 0.679. The Morgan fingerprint density at radius 1 is 0.963 bits per heavy atom. The lowest BCUT2D eigenvalue weighted by Gasteiger charge is -2.10. The van der Waals surface area contributed by atoms with Crippen LogP contribution in [0.2, 0.25) is 0 Å². The molecule has 0 atom stereocenters. The summed E-state index contributed by atoms with van der Waals surface area (Å²) in [6, 6.07) is 16.1. The number of benzene rings is 2. The van der Waals surface area contributed by atoms with Gasteiger partial charge >= 0.3 is 0 Å². The molecule has 138 valence electrons. The van der Waals surface area contributed by atoms with Gasteiger partial charge in [0.15, 0.2) is 11.5 Å². The molecular weight excluding hydrogens is 364 g/mol. The first-order valence-electron chi connectivity index (χ1n) is 8.06. The largest absolute Gasteiger partial charge is 0.493 e. The molecule has 3 aromatic rings. The average molecular weight is 382 g/mol. The van der Waals surface area contributed by atoms with Crippen LogP contribution < -0.4 is 20.5 Å². The second-order valence-electron chi connectivity index (χ2n) is 5.61. The van der Waals surface area contributed by atoms with E-state index in [4.69, 9.17) is 15.2 Å². The summed E-state index contributed by atoms with van der Waals surface area (Å²) in [5, 5.41) is 3.17. The maximum atomic E-state index is 12.6. The highest BCUT2D eigenvalue weighted by molar-refractivity contribution is 7.20. The van der Waals surface area contributed by atoms with Crippen LogP contribution in [-0.4, -0.2) is 26.0 Å². The Balaban J connectivity index is 1.92. The summed E-state index contributed by atoms with van der Waals surface area (Å²) in [5.41, 5.74) is 7.07. The van der Waals surface area contributed by atoms with Crippen LogP contribution >= 0.6 is 11.3 Å². The van der Waals surface area contributed by atoms with Crippen molar-refractivity contribution >= 4 is 28.2 Å². The fourth-order valence-corrected chi connectivity index (χ4v) is 3.63. The standard InChI is InChI=1S/C20H18N2O4S/c1-25-15-9-8-13(10-16(15)26-2)19(24)22-20-14(18(21)23)11-17(27-20)12-6-4-3-5-7-12/h3-11H,1-2H3,(H2,21,23)(H,22,24). The first-order chi connectivity index (χ1) is 13.0. The van der Waals surface area contributed by atoms with E-state index in [1.165, 1.54) is 25.6 Å². The third-order valence-corrected chi connectivity index (χ3v) is 5.03. The Kier molecular flexibility index (Phi) is 5.42. The fraction of sp³-hybridized carbons (Fsp3) is 0.100. The van der Waals surface area contributed by atoms with Crippen LogP contribution in [0.4, 0.5) is 5.00 Å². The maximum Gasteiger partial charge on any atom is 0.256 e. The van der Waals surface area contributed by atoms with Crippen LogP contribution in [0.15, 0.2) is 54.6 Å². The van der Waals surface area contributed by atoms with E-state index >= 15 is 0 Å². The molecule has 0 spiro atoms. The zero-order valence-corrected chi connectivity index (χ0v) is 15.6. The van der Waals surface area contributed by atoms with Gasteiger partial charge in [-0.3, -0.25) is 9.59 Å². The molecule has 0 aliphatic carbocycles. The second kappa shape index (κ2) is 7.92. The SMILES string of the molecule is COc1ccc(C(=O)Nc2sc(-c3ccccc3)cc2C(N)=O)cc1OC. The van der Waals surface area contributed by atoms with Gasteiger partial charge in [-0.2, -0.15) is 0 Å². The van der Waals surface area contributed by atoms with Crippen molar-refractivity contribution in [3.05, 3.63) is 65.7 Å². The van der Waals surface area contributed by atoms with Crippen molar-refractivity contribution in [2.45, 2.75) is 0 Å². The van der Waals surface area contributed by atoms with Gasteiger partial charge in [0.25, 0.3) is 11.8 Å². The van der Waals surface area contributed by atoms with Crippen molar-refractivity contribution in [2.24, 2.45) is 5.73 Å². The summed E-state index contributed by atoms with van der Waals surface area (Å²) < 4.78 is 10.4. The zero-order chi connectivity index (χ0) is 19.4. The molecular formula is C20H18N2O4S. The predicted octanol–water partition coefficient (Wildman–Crippen LogP) is 3.78. The molecule has 2 amide bonds. The second-order valence-corrected chi connectivity index (χ2v) is 6.66. The lowest BCUT2D eigenvalue weighted by atomic mass is 10.1. The Morgan fingerprint density at radius 2 is 1.67 bits per heavy atom. The van der Waals surface area contributed by atoms with Crippen molar-refractivity contribution in [2.75, 3.05) is 19.5 Å². The normalized spacial score (nSPS) is 10.3. The number of carbonyl (C=O) groups is 2. The van der Waals surface area contributed by atoms with Gasteiger partial charge in [0.2, 0.25) is 0 Å². The van der Waals surface area contributed by atoms with E-state index in [1.54, 1.807) is 24.3 Å². The van der Waals surface area contributed by atoms with Crippen LogP contribution in [0, 0.1) is 0 Å². The Hall–Kier alpha value is -3.32. The van der Waals surface area contributed by atoms with E-state index in [2.05, 4.69) is 5.32 Å². The van der Waals surface area contributed by atoms with E-state index in [9.17, 15) is 9.59 Å². The minimum Gasteiger partial charge on any atom is -0.493 e. The van der Waals surface area contributed by atoms with Crippen molar-refractivity contribution in [1.29, 1.82) is 0 Å². The van der Waals surface area contributed by atoms with Crippen LogP contribution in [0.3, 0.4) is 0 Å². The molecule has 27 heavy (non-hydrogen) atoms. The summed E-state index contributed by atoms with van der Waals surface area (Å²) in [6.07, 6.45) is 0. The monoisotopic (exact) mass is 382 g/mol. The summed E-state index contributed by atoms with van der Waals surface area (Å²) in [5.74, 6) is -0.0123. The van der Waals surface area contributed by atoms with Gasteiger partial charge in [-0.05, 0) is 29.8 Å². The topological polar surface area (TPSA) is 90.6 Å². The van der Waals surface area contributed by atoms with Gasteiger partial charge in [0, 0.05) is 10.4 Å². The van der Waals surface area contributed by atoms with Crippen LogP contribution in [0.1, 0.15) is 20.7 Å². The van der Waals surface area contributed by atoms with Crippen LogP contribution in [-0.2, 0) is 0 Å². The highest BCUT2D eigenvalue weighted by Gasteiger charge is 2.18. The molecule has 2 aromatic carbocycles. The zero-order valence-electron chi connectivity index (χ0n) is 14.8. The molecule has 3 rings (SSSR count). The minimum absolute atomic E-state index is 0.271. The number of amides is 2. The third kappa shape index (κ3) is 3.93. The molecule has 0 aliphatic heterocycles. The molecule has 0 aliphatic rings. The molecule has 0 fully saturated rings. The number of anilines is 1. The van der Waals surface area contributed by atoms with Gasteiger partial charge in [0.05, 0.1) is 19.8 Å². The van der Waals surface area contributed by atoms with E-state index in [0.717, 1.165) is 10.4 Å². The lowest BCUT2D eigenvalue weighted by molar-refractivity contribution is 0.100. The summed E-state index contributed by atoms with van der Waals surface area (Å²) >= 11 is 1.29. The number of nitrogens with one attached hydrogen (secondary N) is 1. The molecule has 0 radical (unpaired) electrons. The van der Waals surface area contributed by atoms with Crippen LogP contribution in [0.25, 0.3) is 10.4 Å². The number of hydrogen-bond acceptors (Lipinski definition) is 5. The van der Waals surface area contributed by atoms with Gasteiger partial charge in [-0.25, -0.2) is 0 Å². The molecule has 0 bridgehead atoms. The number of rotatable bonds is 6. The number of thiophene rings is 1. The fourth-order valence-electron chi connectivity index (χ4n) is 2.56. The van der Waals surface area contributed by atoms with Gasteiger partial charge < -0.3 is 20.5 Å². The molecule has 0 saturated carbocycles. The first-order valence-corrected chi connectivity index (χ1v) is 8.87. The average Bonchev–Trinajstić information content (AvgIpc) is 3.12. The number of ether oxygens (including phenoxy) is 2. The summed E-state index contributed by atoms with van der Waals surface area (Å²) in [7, 11) is 3.02. The molecule has 1 aromatic heterocycles. The van der Waals surface area contributed by atoms with Gasteiger partial charge in [0.1, 0.15) is 5.00 Å². The Morgan fingerprint density at radius 3 is 2.30 bits per heavy atom. The number of methoxy groups -OCH3 is 2. The van der Waals surface area contributed by atoms with Crippen molar-refractivity contribution in [3.63, 3.8) is 0 Å². The first kappa shape index (κ1) is 18.5. The van der Waals surface area contributed by atoms with E-state index in [-0.39, 0.29) is 11.5 Å². The lowest BCUT2D eigenvalue weighted by Crippen LogP contribution is -2.16. The molecule has 0 unspecified atom stereocenters. The molecule has 6 nitrogen and oxygen atoms in total. The third-order valence-electron chi connectivity index (χ3n) is 3.93. The van der Waals surface area contributed by atoms with Crippen LogP contribution in [0.5, 0.6) is 11.5 Å². The van der Waals surface area contributed by atoms with E-state index in [0.29, 0.717) is 22.1 Å². The summed E-state index contributed by atoms with van der Waals surface area (Å²) in [4.78, 5) is 25.3.